The molecule has 0 rings (SSSR count). The summed E-state index contributed by atoms with van der Waals surface area (Å²) in [6, 6.07) is 0. The minimum absolute atomic E-state index is 0.405. The zero-order valence-corrected chi connectivity index (χ0v) is 12.9. The first-order chi connectivity index (χ1) is 8.57. The van der Waals surface area contributed by atoms with E-state index in [0.29, 0.717) is 26.2 Å². The Balaban J connectivity index is 5.07. The summed E-state index contributed by atoms with van der Waals surface area (Å²) in [7, 11) is -3.12. The van der Waals surface area contributed by atoms with E-state index in [1.165, 1.54) is 0 Å². The minimum atomic E-state index is -3.12. The summed E-state index contributed by atoms with van der Waals surface area (Å²) >= 11 is 0. The Morgan fingerprint density at radius 2 is 1.50 bits per heavy atom. The van der Waals surface area contributed by atoms with Crippen molar-refractivity contribution >= 4 is 14.8 Å². The molecule has 0 aliphatic rings. The average molecular weight is 278 g/mol. The molecule has 0 aliphatic carbocycles. The standard InChI is InChI=1S/C12H26O5Si/c1-5-9-10-11(12(13)14)18(15-6-2,16-7-3)17-8-4/h11H,5-10H2,1-4H3,(H,13,14). The number of unbranched alkanes of at least 4 members (excludes halogenated alkanes) is 1. The molecule has 0 amide bonds. The van der Waals surface area contributed by atoms with Gasteiger partial charge in [0.2, 0.25) is 0 Å². The van der Waals surface area contributed by atoms with E-state index in [1.54, 1.807) is 0 Å². The predicted octanol–water partition coefficient (Wildman–Crippen LogP) is 2.68. The molecule has 0 bridgehead atoms. The molecule has 0 saturated carbocycles. The van der Waals surface area contributed by atoms with Crippen molar-refractivity contribution in [2.75, 3.05) is 19.8 Å². The molecule has 1 N–H and O–H groups in total. The van der Waals surface area contributed by atoms with Crippen molar-refractivity contribution in [1.82, 2.24) is 0 Å². The normalized spacial score (nSPS) is 13.6. The molecule has 108 valence electrons. The van der Waals surface area contributed by atoms with Gasteiger partial charge in [-0.25, -0.2) is 0 Å². The van der Waals surface area contributed by atoms with Gasteiger partial charge in [-0.1, -0.05) is 19.8 Å². The number of carboxylic acid groups (broad SMARTS) is 1. The molecule has 0 fully saturated rings. The van der Waals surface area contributed by atoms with Gasteiger partial charge in [0.1, 0.15) is 5.54 Å². The van der Waals surface area contributed by atoms with Crippen LogP contribution in [0.3, 0.4) is 0 Å². The minimum Gasteiger partial charge on any atom is -0.481 e. The van der Waals surface area contributed by atoms with Crippen LogP contribution in [0.5, 0.6) is 0 Å². The van der Waals surface area contributed by atoms with Crippen molar-refractivity contribution in [2.24, 2.45) is 0 Å². The molecule has 5 nitrogen and oxygen atoms in total. The van der Waals surface area contributed by atoms with E-state index < -0.39 is 20.3 Å². The quantitative estimate of drug-likeness (QED) is 0.589. The van der Waals surface area contributed by atoms with E-state index in [1.807, 2.05) is 27.7 Å². The largest absolute Gasteiger partial charge is 0.515 e. The molecule has 0 aliphatic heterocycles. The van der Waals surface area contributed by atoms with Crippen molar-refractivity contribution < 1.29 is 23.2 Å². The fourth-order valence-electron chi connectivity index (χ4n) is 1.89. The van der Waals surface area contributed by atoms with Gasteiger partial charge >= 0.3 is 14.8 Å². The van der Waals surface area contributed by atoms with E-state index >= 15 is 0 Å². The highest BCUT2D eigenvalue weighted by molar-refractivity contribution is 6.66. The third-order valence-corrected chi connectivity index (χ3v) is 6.07. The molecule has 0 heterocycles. The molecule has 0 aromatic heterocycles. The van der Waals surface area contributed by atoms with Crippen LogP contribution in [0.15, 0.2) is 0 Å². The lowest BCUT2D eigenvalue weighted by Gasteiger charge is -2.33. The summed E-state index contributed by atoms with van der Waals surface area (Å²) in [5.41, 5.74) is -0.669. The fraction of sp³-hybridized carbons (Fsp3) is 0.917. The maximum Gasteiger partial charge on any atom is 0.515 e. The lowest BCUT2D eigenvalue weighted by molar-refractivity contribution is -0.139. The van der Waals surface area contributed by atoms with Gasteiger partial charge in [0.05, 0.1) is 0 Å². The van der Waals surface area contributed by atoms with Crippen LogP contribution in [0.2, 0.25) is 5.54 Å². The van der Waals surface area contributed by atoms with Gasteiger partial charge < -0.3 is 18.4 Å². The average Bonchev–Trinajstić information content (AvgIpc) is 2.30. The first-order valence-electron chi connectivity index (χ1n) is 6.72. The molecule has 0 radical (unpaired) electrons. The lowest BCUT2D eigenvalue weighted by Crippen LogP contribution is -2.52. The monoisotopic (exact) mass is 278 g/mol. The van der Waals surface area contributed by atoms with Gasteiger partial charge in [-0.3, -0.25) is 4.79 Å². The number of aliphatic carboxylic acids is 1. The van der Waals surface area contributed by atoms with E-state index in [2.05, 4.69) is 0 Å². The SMILES string of the molecule is CCCCC(C(=O)O)[Si](OCC)(OCC)OCC. The molecule has 0 spiro atoms. The van der Waals surface area contributed by atoms with Gasteiger partial charge in [-0.2, -0.15) is 0 Å². The lowest BCUT2D eigenvalue weighted by atomic mass is 10.2. The van der Waals surface area contributed by atoms with Crippen LogP contribution in [0.1, 0.15) is 47.0 Å². The highest BCUT2D eigenvalue weighted by atomic mass is 28.4. The van der Waals surface area contributed by atoms with Gasteiger partial charge in [-0.15, -0.1) is 0 Å². The molecular weight excluding hydrogens is 252 g/mol. The molecular formula is C12H26O5Si. The van der Waals surface area contributed by atoms with Crippen molar-refractivity contribution in [3.05, 3.63) is 0 Å². The zero-order chi connectivity index (χ0) is 14.0. The van der Waals surface area contributed by atoms with Crippen LogP contribution in [0.25, 0.3) is 0 Å². The highest BCUT2D eigenvalue weighted by Gasteiger charge is 2.52. The molecule has 0 aromatic rings. The molecule has 6 heteroatoms. The fourth-order valence-corrected chi connectivity index (χ4v) is 4.81. The molecule has 18 heavy (non-hydrogen) atoms. The van der Waals surface area contributed by atoms with Crippen molar-refractivity contribution in [1.29, 1.82) is 0 Å². The summed E-state index contributed by atoms with van der Waals surface area (Å²) in [5.74, 6) is -0.884. The summed E-state index contributed by atoms with van der Waals surface area (Å²) in [5, 5.41) is 9.41. The number of hydrogen-bond donors (Lipinski definition) is 1. The second-order valence-corrected chi connectivity index (χ2v) is 6.71. The Morgan fingerprint density at radius 1 is 1.06 bits per heavy atom. The maximum absolute atomic E-state index is 11.5. The number of rotatable bonds is 11. The van der Waals surface area contributed by atoms with Crippen molar-refractivity contribution in [3.63, 3.8) is 0 Å². The first kappa shape index (κ1) is 17.6. The van der Waals surface area contributed by atoms with Crippen LogP contribution in [-0.4, -0.2) is 39.7 Å². The second kappa shape index (κ2) is 9.49. The zero-order valence-electron chi connectivity index (χ0n) is 11.9. The Bertz CT molecular complexity index is 217. The molecule has 0 saturated heterocycles. The van der Waals surface area contributed by atoms with Crippen molar-refractivity contribution in [3.8, 4) is 0 Å². The Labute approximate surface area is 111 Å². The third kappa shape index (κ3) is 5.05. The van der Waals surface area contributed by atoms with Gasteiger partial charge in [-0.05, 0) is 27.2 Å². The van der Waals surface area contributed by atoms with Crippen LogP contribution in [-0.2, 0) is 18.1 Å². The van der Waals surface area contributed by atoms with Crippen molar-refractivity contribution in [2.45, 2.75) is 52.5 Å². The van der Waals surface area contributed by atoms with E-state index in [9.17, 15) is 9.90 Å². The van der Waals surface area contributed by atoms with Crippen LogP contribution < -0.4 is 0 Å². The van der Waals surface area contributed by atoms with Crippen LogP contribution in [0.4, 0.5) is 0 Å². The number of hydrogen-bond acceptors (Lipinski definition) is 4. The van der Waals surface area contributed by atoms with Crippen LogP contribution in [0, 0.1) is 0 Å². The summed E-state index contributed by atoms with van der Waals surface area (Å²) in [4.78, 5) is 11.5. The first-order valence-corrected chi connectivity index (χ1v) is 8.52. The topological polar surface area (TPSA) is 65.0 Å². The summed E-state index contributed by atoms with van der Waals surface area (Å²) < 4.78 is 16.9. The number of carboxylic acids is 1. The van der Waals surface area contributed by atoms with E-state index in [-0.39, 0.29) is 0 Å². The molecule has 1 unspecified atom stereocenters. The predicted molar refractivity (Wildman–Crippen MR) is 71.5 cm³/mol. The van der Waals surface area contributed by atoms with Gasteiger partial charge in [0.25, 0.3) is 0 Å². The summed E-state index contributed by atoms with van der Waals surface area (Å²) in [6.45, 7) is 8.74. The Morgan fingerprint density at radius 3 is 1.78 bits per heavy atom. The summed E-state index contributed by atoms with van der Waals surface area (Å²) in [6.07, 6.45) is 2.32. The second-order valence-electron chi connectivity index (χ2n) is 3.94. The Hall–Kier alpha value is -0.433. The van der Waals surface area contributed by atoms with E-state index in [0.717, 1.165) is 12.8 Å². The van der Waals surface area contributed by atoms with E-state index in [4.69, 9.17) is 13.3 Å². The van der Waals surface area contributed by atoms with Crippen LogP contribution >= 0.6 is 0 Å². The Kier molecular flexibility index (Phi) is 9.26. The van der Waals surface area contributed by atoms with Gasteiger partial charge in [0.15, 0.2) is 0 Å². The maximum atomic E-state index is 11.5. The third-order valence-electron chi connectivity index (χ3n) is 2.61. The highest BCUT2D eigenvalue weighted by Crippen LogP contribution is 2.31. The molecule has 1 atom stereocenters. The number of carbonyl (C=O) groups is 1. The smallest absolute Gasteiger partial charge is 0.481 e. The molecule has 0 aromatic carbocycles. The van der Waals surface area contributed by atoms with Gasteiger partial charge in [0, 0.05) is 19.8 Å².